The van der Waals surface area contributed by atoms with Gasteiger partial charge in [-0.3, -0.25) is 14.4 Å². The molecule has 1 heterocycles. The summed E-state index contributed by atoms with van der Waals surface area (Å²) in [7, 11) is 1.71. The first-order valence-corrected chi connectivity index (χ1v) is 8.95. The van der Waals surface area contributed by atoms with Crippen molar-refractivity contribution < 1.29 is 14.4 Å². The van der Waals surface area contributed by atoms with Gasteiger partial charge in [-0.25, -0.2) is 0 Å². The Morgan fingerprint density at radius 3 is 2.37 bits per heavy atom. The zero-order valence-corrected chi connectivity index (χ0v) is 15.3. The lowest BCUT2D eigenvalue weighted by Crippen LogP contribution is -2.40. The Labute approximate surface area is 158 Å². The third-order valence-corrected chi connectivity index (χ3v) is 4.67. The van der Waals surface area contributed by atoms with Crippen molar-refractivity contribution in [2.24, 2.45) is 5.92 Å². The van der Waals surface area contributed by atoms with Crippen LogP contribution in [0.1, 0.15) is 12.0 Å². The Morgan fingerprint density at radius 2 is 1.70 bits per heavy atom. The van der Waals surface area contributed by atoms with Crippen LogP contribution in [-0.2, 0) is 20.9 Å². The molecule has 2 aromatic rings. The van der Waals surface area contributed by atoms with Gasteiger partial charge in [0, 0.05) is 32.2 Å². The van der Waals surface area contributed by atoms with E-state index < -0.39 is 5.92 Å². The lowest BCUT2D eigenvalue weighted by Gasteiger charge is -2.19. The number of rotatable bonds is 6. The van der Waals surface area contributed by atoms with E-state index in [1.807, 2.05) is 60.7 Å². The van der Waals surface area contributed by atoms with E-state index in [4.69, 9.17) is 0 Å². The maximum atomic E-state index is 12.4. The molecule has 1 aliphatic rings. The number of hydrogen-bond acceptors (Lipinski definition) is 3. The van der Waals surface area contributed by atoms with E-state index >= 15 is 0 Å². The van der Waals surface area contributed by atoms with Crippen LogP contribution in [0.2, 0.25) is 0 Å². The van der Waals surface area contributed by atoms with Crippen molar-refractivity contribution in [1.82, 2.24) is 10.2 Å². The monoisotopic (exact) mass is 365 g/mol. The summed E-state index contributed by atoms with van der Waals surface area (Å²) < 4.78 is 0. The fraction of sp³-hybridized carbons (Fsp3) is 0.286. The van der Waals surface area contributed by atoms with Crippen molar-refractivity contribution in [3.8, 4) is 0 Å². The Balaban J connectivity index is 1.49. The number of para-hydroxylation sites is 1. The second-order valence-electron chi connectivity index (χ2n) is 6.69. The zero-order chi connectivity index (χ0) is 19.2. The summed E-state index contributed by atoms with van der Waals surface area (Å²) in [5.74, 6) is -0.946. The molecule has 6 nitrogen and oxygen atoms in total. The van der Waals surface area contributed by atoms with Crippen molar-refractivity contribution in [2.75, 3.05) is 25.0 Å². The number of nitrogens with zero attached hydrogens (tertiary/aromatic N) is 2. The molecule has 140 valence electrons. The van der Waals surface area contributed by atoms with Gasteiger partial charge in [-0.2, -0.15) is 0 Å². The topological polar surface area (TPSA) is 69.7 Å². The molecular weight excluding hydrogens is 342 g/mol. The number of amides is 3. The average molecular weight is 365 g/mol. The number of nitrogens with one attached hydrogen (secondary N) is 1. The second kappa shape index (κ2) is 8.49. The number of likely N-dealkylation sites (N-methyl/N-ethyl adjacent to an activating group) is 1. The number of carbonyl (C=O) groups is 3. The molecule has 0 aliphatic carbocycles. The summed E-state index contributed by atoms with van der Waals surface area (Å²) in [6, 6.07) is 19.0. The third kappa shape index (κ3) is 4.73. The van der Waals surface area contributed by atoms with Gasteiger partial charge in [0.15, 0.2) is 0 Å². The molecular formula is C21H23N3O3. The molecule has 27 heavy (non-hydrogen) atoms. The molecule has 0 radical (unpaired) electrons. The number of anilines is 1. The number of hydrogen-bond donors (Lipinski definition) is 1. The summed E-state index contributed by atoms with van der Waals surface area (Å²) in [4.78, 5) is 40.0. The molecule has 1 atom stereocenters. The van der Waals surface area contributed by atoms with Gasteiger partial charge < -0.3 is 15.1 Å². The summed E-state index contributed by atoms with van der Waals surface area (Å²) in [5.41, 5.74) is 1.82. The minimum Gasteiger partial charge on any atom is -0.347 e. The third-order valence-electron chi connectivity index (χ3n) is 4.67. The van der Waals surface area contributed by atoms with E-state index in [0.717, 1.165) is 11.3 Å². The molecule has 2 aromatic carbocycles. The van der Waals surface area contributed by atoms with Gasteiger partial charge in [-0.1, -0.05) is 48.5 Å². The number of benzene rings is 2. The summed E-state index contributed by atoms with van der Waals surface area (Å²) in [5, 5.41) is 2.67. The van der Waals surface area contributed by atoms with Crippen LogP contribution < -0.4 is 10.2 Å². The van der Waals surface area contributed by atoms with Crippen molar-refractivity contribution >= 4 is 23.4 Å². The molecule has 1 aliphatic heterocycles. The fourth-order valence-corrected chi connectivity index (χ4v) is 3.13. The maximum Gasteiger partial charge on any atom is 0.242 e. The molecule has 6 heteroatoms. The van der Waals surface area contributed by atoms with Crippen LogP contribution in [0.25, 0.3) is 0 Å². The van der Waals surface area contributed by atoms with Crippen molar-refractivity contribution in [3.63, 3.8) is 0 Å². The molecule has 3 amide bonds. The zero-order valence-electron chi connectivity index (χ0n) is 15.3. The van der Waals surface area contributed by atoms with Crippen LogP contribution in [0.5, 0.6) is 0 Å². The normalized spacial score (nSPS) is 16.3. The average Bonchev–Trinajstić information content (AvgIpc) is 3.09. The quantitative estimate of drug-likeness (QED) is 0.849. The molecule has 0 aromatic heterocycles. The summed E-state index contributed by atoms with van der Waals surface area (Å²) >= 11 is 0. The van der Waals surface area contributed by atoms with E-state index in [2.05, 4.69) is 5.32 Å². The summed E-state index contributed by atoms with van der Waals surface area (Å²) in [6.45, 7) is 0.750. The first-order valence-electron chi connectivity index (χ1n) is 8.95. The van der Waals surface area contributed by atoms with Gasteiger partial charge in [0.1, 0.15) is 0 Å². The molecule has 1 N–H and O–H groups in total. The van der Waals surface area contributed by atoms with Gasteiger partial charge in [0.25, 0.3) is 0 Å². The van der Waals surface area contributed by atoms with Crippen LogP contribution in [0.3, 0.4) is 0 Å². The van der Waals surface area contributed by atoms with Crippen LogP contribution in [0, 0.1) is 5.92 Å². The maximum absolute atomic E-state index is 12.4. The SMILES string of the molecule is CN(Cc1ccccc1)C(=O)CNC(=O)[C@@H]1CC(=O)N(c2ccccc2)C1. The van der Waals surface area contributed by atoms with Crippen molar-refractivity contribution in [3.05, 3.63) is 66.2 Å². The Morgan fingerprint density at radius 1 is 1.07 bits per heavy atom. The van der Waals surface area contributed by atoms with Crippen LogP contribution >= 0.6 is 0 Å². The largest absolute Gasteiger partial charge is 0.347 e. The highest BCUT2D eigenvalue weighted by Crippen LogP contribution is 2.24. The predicted octanol–water partition coefficient (Wildman–Crippen LogP) is 1.81. The van der Waals surface area contributed by atoms with E-state index in [1.165, 1.54) is 0 Å². The van der Waals surface area contributed by atoms with Gasteiger partial charge in [0.2, 0.25) is 17.7 Å². The molecule has 3 rings (SSSR count). The smallest absolute Gasteiger partial charge is 0.242 e. The van der Waals surface area contributed by atoms with Gasteiger partial charge in [-0.05, 0) is 17.7 Å². The molecule has 0 unspecified atom stereocenters. The molecule has 0 saturated carbocycles. The number of carbonyl (C=O) groups excluding carboxylic acids is 3. The van der Waals surface area contributed by atoms with Crippen LogP contribution in [0.4, 0.5) is 5.69 Å². The second-order valence-corrected chi connectivity index (χ2v) is 6.69. The highest BCUT2D eigenvalue weighted by atomic mass is 16.2. The van der Waals surface area contributed by atoms with E-state index in [-0.39, 0.29) is 30.7 Å². The highest BCUT2D eigenvalue weighted by molar-refractivity contribution is 6.00. The highest BCUT2D eigenvalue weighted by Gasteiger charge is 2.35. The summed E-state index contributed by atoms with van der Waals surface area (Å²) in [6.07, 6.45) is 0.161. The molecule has 1 saturated heterocycles. The molecule has 0 bridgehead atoms. The van der Waals surface area contributed by atoms with Crippen molar-refractivity contribution in [2.45, 2.75) is 13.0 Å². The van der Waals surface area contributed by atoms with E-state index in [9.17, 15) is 14.4 Å². The first-order chi connectivity index (χ1) is 13.0. The Bertz CT molecular complexity index is 808. The van der Waals surface area contributed by atoms with E-state index in [1.54, 1.807) is 16.8 Å². The predicted molar refractivity (Wildman–Crippen MR) is 103 cm³/mol. The van der Waals surface area contributed by atoms with Gasteiger partial charge in [0.05, 0.1) is 12.5 Å². The van der Waals surface area contributed by atoms with Gasteiger partial charge in [-0.15, -0.1) is 0 Å². The fourth-order valence-electron chi connectivity index (χ4n) is 3.13. The Hall–Kier alpha value is -3.15. The first kappa shape index (κ1) is 18.6. The van der Waals surface area contributed by atoms with E-state index in [0.29, 0.717) is 13.1 Å². The standard InChI is InChI=1S/C21H23N3O3/c1-23(14-16-8-4-2-5-9-16)20(26)13-22-21(27)17-12-19(25)24(15-17)18-10-6-3-7-11-18/h2-11,17H,12-15H2,1H3,(H,22,27)/t17-/m1/s1. The molecule has 0 spiro atoms. The van der Waals surface area contributed by atoms with Crippen LogP contribution in [0.15, 0.2) is 60.7 Å². The lowest BCUT2D eigenvalue weighted by atomic mass is 10.1. The minimum atomic E-state index is -0.440. The Kier molecular flexibility index (Phi) is 5.86. The lowest BCUT2D eigenvalue weighted by molar-refractivity contribution is -0.133. The van der Waals surface area contributed by atoms with Crippen molar-refractivity contribution in [1.29, 1.82) is 0 Å². The minimum absolute atomic E-state index is 0.0712. The molecule has 1 fully saturated rings. The van der Waals surface area contributed by atoms with Gasteiger partial charge >= 0.3 is 0 Å². The van der Waals surface area contributed by atoms with Crippen LogP contribution in [-0.4, -0.2) is 42.8 Å².